The lowest BCUT2D eigenvalue weighted by Crippen LogP contribution is -2.39. The van der Waals surface area contributed by atoms with E-state index in [2.05, 4.69) is 19.5 Å². The molecule has 0 spiro atoms. The summed E-state index contributed by atoms with van der Waals surface area (Å²) in [5.74, 6) is 1.68. The van der Waals surface area contributed by atoms with Crippen LogP contribution < -0.4 is 4.74 Å². The van der Waals surface area contributed by atoms with E-state index in [0.717, 1.165) is 30.9 Å². The smallest absolute Gasteiger partial charge is 0.254 e. The number of imidazole rings is 1. The lowest BCUT2D eigenvalue weighted by molar-refractivity contribution is 0.0703. The molecule has 7 heteroatoms. The molecule has 0 N–H and O–H groups in total. The zero-order valence-electron chi connectivity index (χ0n) is 15.9. The summed E-state index contributed by atoms with van der Waals surface area (Å²) in [7, 11) is 1.55. The van der Waals surface area contributed by atoms with Crippen LogP contribution in [0.3, 0.4) is 0 Å². The molecule has 1 aliphatic heterocycles. The fraction of sp³-hybridized carbons (Fsp3) is 0.333. The van der Waals surface area contributed by atoms with Gasteiger partial charge in [0.1, 0.15) is 5.82 Å². The molecule has 144 valence electrons. The zero-order valence-corrected chi connectivity index (χ0v) is 15.9. The quantitative estimate of drug-likeness (QED) is 0.684. The molecule has 0 unspecified atom stereocenters. The van der Waals surface area contributed by atoms with E-state index in [1.807, 2.05) is 35.5 Å². The van der Waals surface area contributed by atoms with Gasteiger partial charge < -0.3 is 14.2 Å². The third-order valence-corrected chi connectivity index (χ3v) is 5.07. The van der Waals surface area contributed by atoms with Gasteiger partial charge in [0.2, 0.25) is 5.88 Å². The van der Waals surface area contributed by atoms with Crippen molar-refractivity contribution >= 4 is 5.91 Å². The van der Waals surface area contributed by atoms with E-state index in [4.69, 9.17) is 4.74 Å². The maximum absolute atomic E-state index is 13.0. The normalized spacial score (nSPS) is 16.8. The summed E-state index contributed by atoms with van der Waals surface area (Å²) in [6, 6.07) is 9.34. The minimum atomic E-state index is 0.00762. The first-order valence-corrected chi connectivity index (χ1v) is 9.45. The highest BCUT2D eigenvalue weighted by Gasteiger charge is 2.28. The van der Waals surface area contributed by atoms with Gasteiger partial charge >= 0.3 is 0 Å². The maximum Gasteiger partial charge on any atom is 0.254 e. The molecule has 1 saturated heterocycles. The second-order valence-electron chi connectivity index (χ2n) is 6.91. The van der Waals surface area contributed by atoms with Crippen molar-refractivity contribution in [3.05, 3.63) is 72.2 Å². The van der Waals surface area contributed by atoms with Crippen LogP contribution in [0.1, 0.15) is 40.6 Å². The van der Waals surface area contributed by atoms with Gasteiger partial charge in [0, 0.05) is 55.4 Å². The Bertz CT molecular complexity index is 941. The first-order valence-electron chi connectivity index (χ1n) is 9.45. The first-order chi connectivity index (χ1) is 13.7. The Morgan fingerprint density at radius 3 is 2.93 bits per heavy atom. The molecule has 3 aromatic heterocycles. The molecule has 1 atom stereocenters. The number of nitrogens with zero attached hydrogens (tertiary/aromatic N) is 5. The molecule has 0 bridgehead atoms. The SMILES string of the molecule is COc1cc(C(=O)N2CCC[C@H](c3nccn3Cc3ccccn3)C2)ccn1. The van der Waals surface area contributed by atoms with E-state index in [9.17, 15) is 4.79 Å². The Kier molecular flexibility index (Phi) is 5.32. The highest BCUT2D eigenvalue weighted by Crippen LogP contribution is 2.27. The van der Waals surface area contributed by atoms with Gasteiger partial charge in [0.25, 0.3) is 5.91 Å². The predicted octanol–water partition coefficient (Wildman–Crippen LogP) is 2.75. The molecule has 0 aliphatic carbocycles. The molecule has 28 heavy (non-hydrogen) atoms. The number of ether oxygens (including phenoxy) is 1. The van der Waals surface area contributed by atoms with E-state index >= 15 is 0 Å². The van der Waals surface area contributed by atoms with Gasteiger partial charge in [-0.1, -0.05) is 6.07 Å². The molecule has 1 fully saturated rings. The number of piperidine rings is 1. The van der Waals surface area contributed by atoms with E-state index in [-0.39, 0.29) is 11.8 Å². The van der Waals surface area contributed by atoms with Crippen LogP contribution in [0.25, 0.3) is 0 Å². The van der Waals surface area contributed by atoms with Crippen LogP contribution in [0.5, 0.6) is 5.88 Å². The number of carbonyl (C=O) groups excluding carboxylic acids is 1. The van der Waals surface area contributed by atoms with Gasteiger partial charge in [-0.2, -0.15) is 0 Å². The highest BCUT2D eigenvalue weighted by atomic mass is 16.5. The Labute approximate surface area is 164 Å². The largest absolute Gasteiger partial charge is 0.481 e. The van der Waals surface area contributed by atoms with E-state index in [1.54, 1.807) is 31.6 Å². The van der Waals surface area contributed by atoms with Gasteiger partial charge in [-0.25, -0.2) is 9.97 Å². The van der Waals surface area contributed by atoms with Crippen molar-refractivity contribution in [2.24, 2.45) is 0 Å². The second kappa shape index (κ2) is 8.21. The molecular formula is C21H23N5O2. The van der Waals surface area contributed by atoms with E-state index in [1.165, 1.54) is 0 Å². The second-order valence-corrected chi connectivity index (χ2v) is 6.91. The summed E-state index contributed by atoms with van der Waals surface area (Å²) in [6.07, 6.45) is 9.19. The zero-order chi connectivity index (χ0) is 19.3. The number of aromatic nitrogens is 4. The molecule has 1 aliphatic rings. The van der Waals surface area contributed by atoms with Crippen molar-refractivity contribution in [2.45, 2.75) is 25.3 Å². The minimum Gasteiger partial charge on any atom is -0.481 e. The monoisotopic (exact) mass is 377 g/mol. The lowest BCUT2D eigenvalue weighted by atomic mass is 9.96. The summed E-state index contributed by atoms with van der Waals surface area (Å²) in [5, 5.41) is 0. The van der Waals surface area contributed by atoms with Gasteiger partial charge in [0.15, 0.2) is 0 Å². The summed E-state index contributed by atoms with van der Waals surface area (Å²) in [4.78, 5) is 28.0. The number of likely N-dealkylation sites (tertiary alicyclic amines) is 1. The van der Waals surface area contributed by atoms with Crippen molar-refractivity contribution in [3.8, 4) is 5.88 Å². The fourth-order valence-corrected chi connectivity index (χ4v) is 3.69. The molecule has 0 radical (unpaired) electrons. The van der Waals surface area contributed by atoms with Crippen molar-refractivity contribution in [3.63, 3.8) is 0 Å². The molecule has 0 saturated carbocycles. The van der Waals surface area contributed by atoms with Crippen molar-refractivity contribution < 1.29 is 9.53 Å². The summed E-state index contributed by atoms with van der Waals surface area (Å²) < 4.78 is 7.28. The van der Waals surface area contributed by atoms with Crippen LogP contribution in [0.4, 0.5) is 0 Å². The van der Waals surface area contributed by atoms with Gasteiger partial charge in [-0.15, -0.1) is 0 Å². The van der Waals surface area contributed by atoms with Crippen molar-refractivity contribution in [1.82, 2.24) is 24.4 Å². The fourth-order valence-electron chi connectivity index (χ4n) is 3.69. The van der Waals surface area contributed by atoms with E-state index in [0.29, 0.717) is 24.5 Å². The van der Waals surface area contributed by atoms with Gasteiger partial charge in [-0.3, -0.25) is 9.78 Å². The maximum atomic E-state index is 13.0. The van der Waals surface area contributed by atoms with Gasteiger partial charge in [0.05, 0.1) is 19.3 Å². The molecular weight excluding hydrogens is 354 g/mol. The Balaban J connectivity index is 1.50. The standard InChI is InChI=1S/C21H23N5O2/c1-28-19-13-16(7-9-23-19)21(27)26-11-4-5-17(14-26)20-24-10-12-25(20)15-18-6-2-3-8-22-18/h2-3,6-10,12-13,17H,4-5,11,14-15H2,1H3/t17-/m0/s1. The third kappa shape index (κ3) is 3.88. The number of pyridine rings is 2. The molecule has 4 rings (SSSR count). The number of hydrogen-bond donors (Lipinski definition) is 0. The number of methoxy groups -OCH3 is 1. The minimum absolute atomic E-state index is 0.00762. The molecule has 4 heterocycles. The van der Waals surface area contributed by atoms with Crippen LogP contribution >= 0.6 is 0 Å². The highest BCUT2D eigenvalue weighted by molar-refractivity contribution is 5.94. The summed E-state index contributed by atoms with van der Waals surface area (Å²) >= 11 is 0. The van der Waals surface area contributed by atoms with Crippen LogP contribution in [0.15, 0.2) is 55.1 Å². The average molecular weight is 377 g/mol. The Morgan fingerprint density at radius 1 is 1.18 bits per heavy atom. The van der Waals surface area contributed by atoms with E-state index < -0.39 is 0 Å². The van der Waals surface area contributed by atoms with Crippen LogP contribution in [-0.4, -0.2) is 50.5 Å². The number of rotatable bonds is 5. The summed E-state index contributed by atoms with van der Waals surface area (Å²) in [5.41, 5.74) is 1.60. The molecule has 3 aromatic rings. The summed E-state index contributed by atoms with van der Waals surface area (Å²) in [6.45, 7) is 2.09. The average Bonchev–Trinajstić information content (AvgIpc) is 3.22. The molecule has 7 nitrogen and oxygen atoms in total. The first kappa shape index (κ1) is 18.2. The number of hydrogen-bond acceptors (Lipinski definition) is 5. The van der Waals surface area contributed by atoms with Crippen LogP contribution in [0.2, 0.25) is 0 Å². The topological polar surface area (TPSA) is 73.1 Å². The Hall–Kier alpha value is -3.22. The van der Waals surface area contributed by atoms with Crippen molar-refractivity contribution in [1.29, 1.82) is 0 Å². The third-order valence-electron chi connectivity index (χ3n) is 5.07. The molecule has 1 amide bonds. The lowest BCUT2D eigenvalue weighted by Gasteiger charge is -2.32. The van der Waals surface area contributed by atoms with Crippen LogP contribution in [0, 0.1) is 0 Å². The van der Waals surface area contributed by atoms with Crippen LogP contribution in [-0.2, 0) is 6.54 Å². The number of carbonyl (C=O) groups is 1. The Morgan fingerprint density at radius 2 is 2.11 bits per heavy atom. The van der Waals surface area contributed by atoms with Gasteiger partial charge in [-0.05, 0) is 31.0 Å². The molecule has 0 aromatic carbocycles. The van der Waals surface area contributed by atoms with Crippen molar-refractivity contribution in [2.75, 3.05) is 20.2 Å². The number of amides is 1. The predicted molar refractivity (Wildman–Crippen MR) is 104 cm³/mol.